The zero-order valence-electron chi connectivity index (χ0n) is 18.8. The monoisotopic (exact) mass is 510 g/mol. The smallest absolute Gasteiger partial charge is 0.370 e. The first kappa shape index (κ1) is 27.0. The van der Waals surface area contributed by atoms with Crippen molar-refractivity contribution in [3.63, 3.8) is 0 Å². The fourth-order valence-corrected chi connectivity index (χ4v) is 8.75. The van der Waals surface area contributed by atoms with E-state index in [-0.39, 0.29) is 49.1 Å². The maximum Gasteiger partial charge on any atom is 0.370 e. The number of benzene rings is 1. The van der Waals surface area contributed by atoms with Crippen LogP contribution in [-0.4, -0.2) is 50.1 Å². The summed E-state index contributed by atoms with van der Waals surface area (Å²) in [7, 11) is -6.96. The summed E-state index contributed by atoms with van der Waals surface area (Å²) in [5.74, 6) is -0.0760. The molecule has 0 aliphatic carbocycles. The van der Waals surface area contributed by atoms with Crippen LogP contribution in [0.15, 0.2) is 23.3 Å². The summed E-state index contributed by atoms with van der Waals surface area (Å²) in [5.41, 5.74) is 2.68. The molecule has 2 rings (SSSR count). The first-order valence-electron chi connectivity index (χ1n) is 10.2. The van der Waals surface area contributed by atoms with Gasteiger partial charge < -0.3 is 22.8 Å². The third kappa shape index (κ3) is 4.97. The molecule has 0 saturated heterocycles. The molecule has 1 aliphatic rings. The molecule has 0 fully saturated rings. The topological polar surface area (TPSA) is 122 Å². The number of halogens is 1. The molecule has 0 radical (unpaired) electrons. The Morgan fingerprint density at radius 1 is 1.03 bits per heavy atom. The number of carbonyl (C=O) groups excluding carboxylic acids is 1. The Hall–Kier alpha value is -1.25. The van der Waals surface area contributed by atoms with Crippen molar-refractivity contribution in [2.24, 2.45) is 5.10 Å². The van der Waals surface area contributed by atoms with E-state index in [0.717, 1.165) is 0 Å². The highest BCUT2D eigenvalue weighted by atomic mass is 35.5. The number of nitrogens with zero attached hydrogens (tertiary/aromatic N) is 1. The van der Waals surface area contributed by atoms with Gasteiger partial charge in [-0.2, -0.15) is 5.10 Å². The maximum atomic E-state index is 13.9. The van der Waals surface area contributed by atoms with E-state index in [9.17, 15) is 13.9 Å². The van der Waals surface area contributed by atoms with Gasteiger partial charge in [-0.05, 0) is 45.9 Å². The van der Waals surface area contributed by atoms with E-state index in [0.29, 0.717) is 5.75 Å². The van der Waals surface area contributed by atoms with Crippen LogP contribution in [0.25, 0.3) is 0 Å². The number of hydrogen-bond acceptors (Lipinski definition) is 10. The Labute approximate surface area is 193 Å². The second kappa shape index (κ2) is 11.3. The highest BCUT2D eigenvalue weighted by molar-refractivity contribution is 7.74. The predicted octanol–water partition coefficient (Wildman–Crippen LogP) is 5.07. The van der Waals surface area contributed by atoms with E-state index in [1.165, 1.54) is 19.2 Å². The first-order valence-corrected chi connectivity index (χ1v) is 13.6. The van der Waals surface area contributed by atoms with Crippen LogP contribution in [0.4, 0.5) is 0 Å². The van der Waals surface area contributed by atoms with Crippen LogP contribution in [0.1, 0.15) is 44.5 Å². The van der Waals surface area contributed by atoms with Crippen molar-refractivity contribution in [1.29, 1.82) is 0 Å². The Bertz CT molecular complexity index is 905. The van der Waals surface area contributed by atoms with E-state index in [1.54, 1.807) is 33.8 Å². The maximum absolute atomic E-state index is 13.9. The summed E-state index contributed by atoms with van der Waals surface area (Å²) >= 11 is 6.25. The Morgan fingerprint density at radius 2 is 1.53 bits per heavy atom. The van der Waals surface area contributed by atoms with Crippen LogP contribution < -0.4 is 10.2 Å². The molecule has 0 spiro atoms. The Kier molecular flexibility index (Phi) is 9.49. The highest BCUT2D eigenvalue weighted by Crippen LogP contribution is 2.78. The van der Waals surface area contributed by atoms with Gasteiger partial charge >= 0.3 is 15.2 Å². The SMILES string of the molecule is CCOP(=O)(OCC)C1(P(=O)(OCC)OCC)CC(C(=O)c2ccc(OC)cc2Cl)=NN1. The lowest BCUT2D eigenvalue weighted by Crippen LogP contribution is -2.42. The molecular weight excluding hydrogens is 482 g/mol. The lowest BCUT2D eigenvalue weighted by atomic mass is 10.0. The lowest BCUT2D eigenvalue weighted by Gasteiger charge is -2.38. The minimum atomic E-state index is -4.22. The number of Topliss-reactive ketones (excluding diaryl/α,β-unsaturated/α-hetero) is 1. The van der Waals surface area contributed by atoms with Gasteiger partial charge in [-0.1, -0.05) is 11.6 Å². The van der Waals surface area contributed by atoms with Gasteiger partial charge in [-0.25, -0.2) is 0 Å². The fourth-order valence-electron chi connectivity index (χ4n) is 3.21. The number of nitrogens with one attached hydrogen (secondary N) is 1. The molecule has 0 atom stereocenters. The van der Waals surface area contributed by atoms with Crippen molar-refractivity contribution in [3.05, 3.63) is 28.8 Å². The number of hydrazone groups is 1. The predicted molar refractivity (Wildman–Crippen MR) is 122 cm³/mol. The van der Waals surface area contributed by atoms with Gasteiger partial charge in [-0.3, -0.25) is 19.4 Å². The van der Waals surface area contributed by atoms with Crippen molar-refractivity contribution in [2.75, 3.05) is 33.5 Å². The molecule has 13 heteroatoms. The van der Waals surface area contributed by atoms with Crippen LogP contribution in [0.3, 0.4) is 0 Å². The zero-order valence-corrected chi connectivity index (χ0v) is 21.3. The minimum absolute atomic E-state index is 0.00740. The molecule has 1 aliphatic heterocycles. The van der Waals surface area contributed by atoms with Gasteiger partial charge in [0.1, 0.15) is 11.5 Å². The summed E-state index contributed by atoms with van der Waals surface area (Å²) in [6.45, 7) is 6.43. The first-order chi connectivity index (χ1) is 15.2. The standard InChI is InChI=1S/C19H29ClN2O8P2/c1-6-27-31(24,28-7-2)19(32(25,29-8-3)30-9-4)13-17(21-22-19)18(23)15-11-10-14(26-5)12-16(15)20/h10-12,22H,6-9,13H2,1-5H3. The van der Waals surface area contributed by atoms with Crippen LogP contribution in [0.5, 0.6) is 5.75 Å². The molecular formula is C19H29ClN2O8P2. The van der Waals surface area contributed by atoms with Gasteiger partial charge in [-0.15, -0.1) is 0 Å². The fraction of sp³-hybridized carbons (Fsp3) is 0.579. The summed E-state index contributed by atoms with van der Waals surface area (Å²) in [5, 5.41) is 2.18. The molecule has 10 nitrogen and oxygen atoms in total. The molecule has 0 unspecified atom stereocenters. The van der Waals surface area contributed by atoms with E-state index in [2.05, 4.69) is 10.5 Å². The van der Waals surface area contributed by atoms with Gasteiger partial charge in [0.15, 0.2) is 0 Å². The number of methoxy groups -OCH3 is 1. The van der Waals surface area contributed by atoms with E-state index in [4.69, 9.17) is 34.4 Å². The Balaban J connectivity index is 2.56. The molecule has 0 saturated carbocycles. The minimum Gasteiger partial charge on any atom is -0.497 e. The molecule has 0 aromatic heterocycles. The summed E-state index contributed by atoms with van der Waals surface area (Å²) in [4.78, 5) is 13.2. The number of rotatable bonds is 13. The average molecular weight is 511 g/mol. The van der Waals surface area contributed by atoms with Crippen molar-refractivity contribution < 1.29 is 36.8 Å². The van der Waals surface area contributed by atoms with Crippen molar-refractivity contribution in [2.45, 2.75) is 39.1 Å². The molecule has 1 aromatic rings. The molecule has 0 amide bonds. The van der Waals surface area contributed by atoms with Crippen LogP contribution in [0.2, 0.25) is 5.02 Å². The molecule has 0 bridgehead atoms. The molecule has 1 heterocycles. The van der Waals surface area contributed by atoms with Gasteiger partial charge in [0.2, 0.25) is 5.78 Å². The second-order valence-electron chi connectivity index (χ2n) is 6.50. The average Bonchev–Trinajstić information content (AvgIpc) is 3.22. The largest absolute Gasteiger partial charge is 0.497 e. The normalized spacial score (nSPS) is 15.9. The molecule has 32 heavy (non-hydrogen) atoms. The zero-order chi connectivity index (χ0) is 24.0. The van der Waals surface area contributed by atoms with Crippen LogP contribution >= 0.6 is 26.8 Å². The lowest BCUT2D eigenvalue weighted by molar-refractivity contribution is 0.106. The number of carbonyl (C=O) groups is 1. The molecule has 1 aromatic carbocycles. The number of ketones is 1. The Morgan fingerprint density at radius 3 is 1.94 bits per heavy atom. The van der Waals surface area contributed by atoms with Crippen LogP contribution in [0, 0.1) is 0 Å². The van der Waals surface area contributed by atoms with Gasteiger partial charge in [0.05, 0.1) is 38.6 Å². The highest BCUT2D eigenvalue weighted by Gasteiger charge is 2.68. The summed E-state index contributed by atoms with van der Waals surface area (Å²) in [6.07, 6.45) is -0.386. The van der Waals surface area contributed by atoms with Gasteiger partial charge in [0, 0.05) is 12.0 Å². The van der Waals surface area contributed by atoms with Crippen molar-refractivity contribution in [3.8, 4) is 5.75 Å². The van der Waals surface area contributed by atoms with Crippen LogP contribution in [-0.2, 0) is 27.2 Å². The summed E-state index contributed by atoms with van der Waals surface area (Å²) < 4.78 is 54.9. The third-order valence-corrected chi connectivity index (χ3v) is 11.1. The van der Waals surface area contributed by atoms with E-state index >= 15 is 0 Å². The third-order valence-electron chi connectivity index (χ3n) is 4.57. The van der Waals surface area contributed by atoms with Crippen molar-refractivity contribution in [1.82, 2.24) is 5.43 Å². The van der Waals surface area contributed by atoms with Gasteiger partial charge in [0.25, 0.3) is 5.02 Å². The quantitative estimate of drug-likeness (QED) is 0.286. The van der Waals surface area contributed by atoms with E-state index in [1.807, 2.05) is 0 Å². The number of ether oxygens (including phenoxy) is 1. The molecule has 180 valence electrons. The molecule has 1 N–H and O–H groups in total. The van der Waals surface area contributed by atoms with Crippen molar-refractivity contribution >= 4 is 38.3 Å². The number of hydrogen-bond donors (Lipinski definition) is 1. The van der Waals surface area contributed by atoms with E-state index < -0.39 is 26.0 Å². The summed E-state index contributed by atoms with van der Waals surface area (Å²) in [6, 6.07) is 4.55. The second-order valence-corrected chi connectivity index (χ2v) is 11.8.